The van der Waals surface area contributed by atoms with Gasteiger partial charge in [0, 0.05) is 5.56 Å². The van der Waals surface area contributed by atoms with E-state index < -0.39 is 6.61 Å². The van der Waals surface area contributed by atoms with Crippen molar-refractivity contribution in [3.05, 3.63) is 70.9 Å². The van der Waals surface area contributed by atoms with Gasteiger partial charge < -0.3 is 18.3 Å². The standard InChI is InChI=1S/C20H13BrF2N2O4/c21-15-3-1-2-4-16(15)26-11-14-9-10-17(27-14)19-25-24-18(29-19)12-5-7-13(8-6-12)28-20(22)23/h1-10,20H,11H2. The Morgan fingerprint density at radius 3 is 2.41 bits per heavy atom. The summed E-state index contributed by atoms with van der Waals surface area (Å²) in [5.41, 5.74) is 0.564. The van der Waals surface area contributed by atoms with Crippen LogP contribution in [0.4, 0.5) is 8.78 Å². The van der Waals surface area contributed by atoms with Gasteiger partial charge in [-0.15, -0.1) is 10.2 Å². The summed E-state index contributed by atoms with van der Waals surface area (Å²) >= 11 is 3.42. The number of nitrogens with zero attached hydrogens (tertiary/aromatic N) is 2. The predicted octanol–water partition coefficient (Wildman–Crippen LogP) is 5.94. The number of ether oxygens (including phenoxy) is 2. The summed E-state index contributed by atoms with van der Waals surface area (Å²) in [6.45, 7) is -2.65. The number of aromatic nitrogens is 2. The molecule has 0 fully saturated rings. The highest BCUT2D eigenvalue weighted by Crippen LogP contribution is 2.28. The maximum absolute atomic E-state index is 12.2. The molecule has 6 nitrogen and oxygen atoms in total. The largest absolute Gasteiger partial charge is 0.484 e. The molecule has 0 aliphatic heterocycles. The number of halogens is 3. The Balaban J connectivity index is 1.44. The minimum absolute atomic E-state index is 0.0456. The molecule has 0 aliphatic rings. The van der Waals surface area contributed by atoms with E-state index in [0.29, 0.717) is 22.8 Å². The zero-order valence-corrected chi connectivity index (χ0v) is 16.3. The second-order valence-corrected chi connectivity index (χ2v) is 6.65. The van der Waals surface area contributed by atoms with Gasteiger partial charge in [-0.2, -0.15) is 8.78 Å². The first kappa shape index (κ1) is 19.1. The van der Waals surface area contributed by atoms with Gasteiger partial charge in [0.1, 0.15) is 23.9 Å². The molecule has 0 unspecified atom stereocenters. The van der Waals surface area contributed by atoms with E-state index in [4.69, 9.17) is 13.6 Å². The van der Waals surface area contributed by atoms with Crippen LogP contribution in [0.1, 0.15) is 5.76 Å². The predicted molar refractivity (Wildman–Crippen MR) is 103 cm³/mol. The molecule has 0 radical (unpaired) electrons. The summed E-state index contributed by atoms with van der Waals surface area (Å²) in [5.74, 6) is 2.15. The summed E-state index contributed by atoms with van der Waals surface area (Å²) < 4.78 is 46.6. The lowest BCUT2D eigenvalue weighted by Gasteiger charge is -2.05. The van der Waals surface area contributed by atoms with Gasteiger partial charge >= 0.3 is 6.61 Å². The van der Waals surface area contributed by atoms with Crippen molar-refractivity contribution in [3.8, 4) is 34.6 Å². The van der Waals surface area contributed by atoms with Crippen molar-refractivity contribution < 1.29 is 27.1 Å². The molecule has 2 heterocycles. The molecule has 0 aliphatic carbocycles. The number of benzene rings is 2. The molecular formula is C20H13BrF2N2O4. The fourth-order valence-corrected chi connectivity index (χ4v) is 2.90. The lowest BCUT2D eigenvalue weighted by atomic mass is 10.2. The summed E-state index contributed by atoms with van der Waals surface area (Å²) in [7, 11) is 0. The molecule has 4 aromatic rings. The molecule has 29 heavy (non-hydrogen) atoms. The number of alkyl halides is 2. The van der Waals surface area contributed by atoms with Crippen LogP contribution >= 0.6 is 15.9 Å². The highest BCUT2D eigenvalue weighted by Gasteiger charge is 2.15. The van der Waals surface area contributed by atoms with Gasteiger partial charge in [-0.25, -0.2) is 0 Å². The van der Waals surface area contributed by atoms with E-state index in [1.165, 1.54) is 12.1 Å². The van der Waals surface area contributed by atoms with Crippen molar-refractivity contribution in [2.45, 2.75) is 13.2 Å². The van der Waals surface area contributed by atoms with Crippen molar-refractivity contribution in [1.82, 2.24) is 10.2 Å². The third-order valence-corrected chi connectivity index (χ3v) is 4.49. The van der Waals surface area contributed by atoms with Crippen molar-refractivity contribution in [3.63, 3.8) is 0 Å². The molecular weight excluding hydrogens is 450 g/mol. The lowest BCUT2D eigenvalue weighted by molar-refractivity contribution is -0.0498. The first-order valence-corrected chi connectivity index (χ1v) is 9.23. The first-order chi connectivity index (χ1) is 14.1. The Morgan fingerprint density at radius 2 is 1.66 bits per heavy atom. The zero-order valence-electron chi connectivity index (χ0n) is 14.7. The number of hydrogen-bond donors (Lipinski definition) is 0. The third-order valence-electron chi connectivity index (χ3n) is 3.83. The fourth-order valence-electron chi connectivity index (χ4n) is 2.50. The molecule has 0 bridgehead atoms. The van der Waals surface area contributed by atoms with E-state index in [0.717, 1.165) is 4.47 Å². The fraction of sp³-hybridized carbons (Fsp3) is 0.100. The molecule has 148 valence electrons. The molecule has 2 aromatic heterocycles. The summed E-state index contributed by atoms with van der Waals surface area (Å²) in [6.07, 6.45) is 0. The average Bonchev–Trinajstić information content (AvgIpc) is 3.37. The van der Waals surface area contributed by atoms with Gasteiger partial charge in [0.2, 0.25) is 5.89 Å². The highest BCUT2D eigenvalue weighted by molar-refractivity contribution is 9.10. The molecule has 0 N–H and O–H groups in total. The summed E-state index contributed by atoms with van der Waals surface area (Å²) in [5, 5.41) is 7.93. The van der Waals surface area contributed by atoms with Gasteiger partial charge in [-0.1, -0.05) is 12.1 Å². The van der Waals surface area contributed by atoms with Crippen LogP contribution in [0.5, 0.6) is 11.5 Å². The highest BCUT2D eigenvalue weighted by atomic mass is 79.9. The van der Waals surface area contributed by atoms with Crippen LogP contribution in [-0.2, 0) is 6.61 Å². The first-order valence-electron chi connectivity index (χ1n) is 8.43. The second kappa shape index (κ2) is 8.44. The van der Waals surface area contributed by atoms with Crippen LogP contribution < -0.4 is 9.47 Å². The Kier molecular flexibility index (Phi) is 5.57. The minimum atomic E-state index is -2.88. The monoisotopic (exact) mass is 462 g/mol. The number of rotatable bonds is 7. The molecule has 4 rings (SSSR count). The molecule has 0 saturated heterocycles. The lowest BCUT2D eigenvalue weighted by Crippen LogP contribution is -2.01. The van der Waals surface area contributed by atoms with E-state index in [-0.39, 0.29) is 24.1 Å². The van der Waals surface area contributed by atoms with E-state index in [1.807, 2.05) is 24.3 Å². The van der Waals surface area contributed by atoms with E-state index in [1.54, 1.807) is 24.3 Å². The normalized spacial score (nSPS) is 11.0. The maximum Gasteiger partial charge on any atom is 0.387 e. The smallest absolute Gasteiger partial charge is 0.387 e. The van der Waals surface area contributed by atoms with Crippen LogP contribution in [0.15, 0.2) is 74.0 Å². The molecule has 0 amide bonds. The Bertz CT molecular complexity index is 1100. The van der Waals surface area contributed by atoms with Crippen molar-refractivity contribution in [2.75, 3.05) is 0 Å². The van der Waals surface area contributed by atoms with Gasteiger partial charge in [0.25, 0.3) is 5.89 Å². The van der Waals surface area contributed by atoms with Gasteiger partial charge in [-0.05, 0) is 64.5 Å². The SMILES string of the molecule is FC(F)Oc1ccc(-c2nnc(-c3ccc(COc4ccccc4Br)o3)o2)cc1. The third kappa shape index (κ3) is 4.62. The number of para-hydroxylation sites is 1. The molecule has 0 saturated carbocycles. The Labute approximate surface area is 172 Å². The number of hydrogen-bond acceptors (Lipinski definition) is 6. The minimum Gasteiger partial charge on any atom is -0.484 e. The van der Waals surface area contributed by atoms with Crippen molar-refractivity contribution in [1.29, 1.82) is 0 Å². The van der Waals surface area contributed by atoms with Crippen LogP contribution in [0, 0.1) is 0 Å². The number of furan rings is 1. The van der Waals surface area contributed by atoms with Crippen LogP contribution in [0.2, 0.25) is 0 Å². The van der Waals surface area contributed by atoms with E-state index >= 15 is 0 Å². The van der Waals surface area contributed by atoms with Crippen LogP contribution in [-0.4, -0.2) is 16.8 Å². The van der Waals surface area contributed by atoms with E-state index in [9.17, 15) is 8.78 Å². The molecule has 0 atom stereocenters. The molecule has 2 aromatic carbocycles. The zero-order chi connectivity index (χ0) is 20.2. The van der Waals surface area contributed by atoms with Gasteiger partial charge in [-0.3, -0.25) is 0 Å². The van der Waals surface area contributed by atoms with E-state index in [2.05, 4.69) is 30.9 Å². The maximum atomic E-state index is 12.2. The summed E-state index contributed by atoms with van der Waals surface area (Å²) in [4.78, 5) is 0. The van der Waals surface area contributed by atoms with Crippen molar-refractivity contribution in [2.24, 2.45) is 0 Å². The quantitative estimate of drug-likeness (QED) is 0.338. The second-order valence-electron chi connectivity index (χ2n) is 5.80. The van der Waals surface area contributed by atoms with Gasteiger partial charge in [0.05, 0.1) is 4.47 Å². The molecule has 9 heteroatoms. The van der Waals surface area contributed by atoms with Crippen LogP contribution in [0.25, 0.3) is 23.1 Å². The van der Waals surface area contributed by atoms with Crippen LogP contribution in [0.3, 0.4) is 0 Å². The Hall–Kier alpha value is -3.20. The topological polar surface area (TPSA) is 70.5 Å². The van der Waals surface area contributed by atoms with Crippen molar-refractivity contribution >= 4 is 15.9 Å². The average molecular weight is 463 g/mol. The van der Waals surface area contributed by atoms with Gasteiger partial charge in [0.15, 0.2) is 5.76 Å². The molecule has 0 spiro atoms. The Morgan fingerprint density at radius 1 is 0.897 bits per heavy atom. The summed E-state index contributed by atoms with van der Waals surface area (Å²) in [6, 6.07) is 16.9.